The van der Waals surface area contributed by atoms with Crippen LogP contribution in [0.15, 0.2) is 47.4 Å². The van der Waals surface area contributed by atoms with Gasteiger partial charge >= 0.3 is 0 Å². The first-order chi connectivity index (χ1) is 13.0. The molecule has 146 valence electrons. The molecule has 0 aliphatic carbocycles. The maximum absolute atomic E-state index is 12.8. The Morgan fingerprint density at radius 1 is 1.15 bits per heavy atom. The second-order valence-electron chi connectivity index (χ2n) is 6.28. The summed E-state index contributed by atoms with van der Waals surface area (Å²) in [6.07, 6.45) is 0. The highest BCUT2D eigenvalue weighted by Crippen LogP contribution is 2.27. The summed E-state index contributed by atoms with van der Waals surface area (Å²) in [5.41, 5.74) is 2.04. The molecule has 1 N–H and O–H groups in total. The van der Waals surface area contributed by atoms with Crippen LogP contribution in [-0.4, -0.2) is 46.7 Å². The molecular weight excluding hydrogens is 388 g/mol. The minimum atomic E-state index is -3.77. The summed E-state index contributed by atoms with van der Waals surface area (Å²) in [5.74, 6) is 0.258. The van der Waals surface area contributed by atoms with E-state index in [1.54, 1.807) is 12.1 Å². The molecule has 0 aromatic heterocycles. The molecule has 2 aromatic rings. The van der Waals surface area contributed by atoms with Crippen LogP contribution in [0.2, 0.25) is 5.02 Å². The van der Waals surface area contributed by atoms with E-state index in [4.69, 9.17) is 21.1 Å². The zero-order valence-electron chi connectivity index (χ0n) is 15.2. The maximum Gasteiger partial charge on any atom is 0.244 e. The highest BCUT2D eigenvalue weighted by Gasteiger charge is 2.20. The number of halogens is 1. The van der Waals surface area contributed by atoms with Gasteiger partial charge in [0.25, 0.3) is 0 Å². The van der Waals surface area contributed by atoms with Crippen LogP contribution in [-0.2, 0) is 27.8 Å². The first-order valence-corrected chi connectivity index (χ1v) is 10.6. The van der Waals surface area contributed by atoms with Crippen LogP contribution in [0.4, 0.5) is 0 Å². The molecule has 8 heteroatoms. The molecular formula is C19H23ClN2O4S. The normalized spacial score (nSPS) is 15.6. The fourth-order valence-electron chi connectivity index (χ4n) is 3.00. The van der Waals surface area contributed by atoms with E-state index in [1.807, 2.05) is 24.3 Å². The lowest BCUT2D eigenvalue weighted by atomic mass is 10.1. The molecule has 1 saturated heterocycles. The Morgan fingerprint density at radius 2 is 1.85 bits per heavy atom. The fourth-order valence-corrected chi connectivity index (χ4v) is 4.43. The molecule has 1 heterocycles. The topological polar surface area (TPSA) is 67.9 Å². The maximum atomic E-state index is 12.8. The molecule has 0 bridgehead atoms. The van der Waals surface area contributed by atoms with E-state index in [9.17, 15) is 8.42 Å². The molecule has 0 radical (unpaired) electrons. The Kier molecular flexibility index (Phi) is 6.73. The molecule has 0 saturated carbocycles. The van der Waals surface area contributed by atoms with Crippen LogP contribution < -0.4 is 9.46 Å². The van der Waals surface area contributed by atoms with Gasteiger partial charge in [-0.1, -0.05) is 35.9 Å². The number of benzene rings is 2. The number of morpholine rings is 1. The van der Waals surface area contributed by atoms with Gasteiger partial charge in [0.2, 0.25) is 10.0 Å². The van der Waals surface area contributed by atoms with Gasteiger partial charge in [0.15, 0.2) is 0 Å². The van der Waals surface area contributed by atoms with Crippen molar-refractivity contribution in [3.05, 3.63) is 58.6 Å². The second kappa shape index (κ2) is 9.03. The monoisotopic (exact) mass is 410 g/mol. The van der Waals surface area contributed by atoms with E-state index in [1.165, 1.54) is 13.2 Å². The third-order valence-electron chi connectivity index (χ3n) is 4.48. The predicted molar refractivity (Wildman–Crippen MR) is 105 cm³/mol. The van der Waals surface area contributed by atoms with Gasteiger partial charge in [-0.3, -0.25) is 4.90 Å². The zero-order valence-corrected chi connectivity index (χ0v) is 16.7. The number of nitrogens with zero attached hydrogens (tertiary/aromatic N) is 1. The van der Waals surface area contributed by atoms with Crippen molar-refractivity contribution >= 4 is 21.6 Å². The third-order valence-corrected chi connectivity index (χ3v) is 6.14. The molecule has 0 amide bonds. The molecule has 3 rings (SSSR count). The van der Waals surface area contributed by atoms with E-state index in [2.05, 4.69) is 9.62 Å². The largest absolute Gasteiger partial charge is 0.495 e. The number of nitrogens with one attached hydrogen (secondary N) is 1. The molecule has 2 aromatic carbocycles. The molecule has 6 nitrogen and oxygen atoms in total. The van der Waals surface area contributed by atoms with Gasteiger partial charge in [-0.25, -0.2) is 13.1 Å². The lowest BCUT2D eigenvalue weighted by Crippen LogP contribution is -2.36. The Morgan fingerprint density at radius 3 is 2.56 bits per heavy atom. The van der Waals surface area contributed by atoms with Crippen molar-refractivity contribution in [2.45, 2.75) is 18.0 Å². The summed E-state index contributed by atoms with van der Waals surface area (Å²) in [6.45, 7) is 4.16. The number of sulfonamides is 1. The number of ether oxygens (including phenoxy) is 2. The Labute approximate surface area is 165 Å². The SMILES string of the molecule is COc1ccc(Cl)cc1S(=O)(=O)NCc1ccccc1CN1CCOCC1. The van der Waals surface area contributed by atoms with Crippen molar-refractivity contribution in [1.29, 1.82) is 0 Å². The summed E-state index contributed by atoms with van der Waals surface area (Å²) in [6, 6.07) is 12.4. The summed E-state index contributed by atoms with van der Waals surface area (Å²) in [7, 11) is -2.34. The van der Waals surface area contributed by atoms with Crippen LogP contribution in [0, 0.1) is 0 Å². The van der Waals surface area contributed by atoms with Crippen molar-refractivity contribution in [3.63, 3.8) is 0 Å². The van der Waals surface area contributed by atoms with Gasteiger partial charge in [0.05, 0.1) is 20.3 Å². The summed E-state index contributed by atoms with van der Waals surface area (Å²) < 4.78 is 38.7. The average molecular weight is 411 g/mol. The number of methoxy groups -OCH3 is 1. The van der Waals surface area contributed by atoms with Gasteiger partial charge in [-0.15, -0.1) is 0 Å². The molecule has 1 fully saturated rings. The quantitative estimate of drug-likeness (QED) is 0.760. The van der Waals surface area contributed by atoms with Crippen molar-refractivity contribution < 1.29 is 17.9 Å². The van der Waals surface area contributed by atoms with Crippen LogP contribution in [0.25, 0.3) is 0 Å². The van der Waals surface area contributed by atoms with Gasteiger partial charge < -0.3 is 9.47 Å². The van der Waals surface area contributed by atoms with Crippen LogP contribution in [0.1, 0.15) is 11.1 Å². The average Bonchev–Trinajstić information content (AvgIpc) is 2.68. The van der Waals surface area contributed by atoms with Crippen molar-refractivity contribution in [2.24, 2.45) is 0 Å². The first kappa shape index (κ1) is 20.1. The smallest absolute Gasteiger partial charge is 0.244 e. The van der Waals surface area contributed by atoms with Gasteiger partial charge in [0.1, 0.15) is 10.6 Å². The standard InChI is InChI=1S/C19H23ClN2O4S/c1-25-18-7-6-17(20)12-19(18)27(23,24)21-13-15-4-2-3-5-16(15)14-22-8-10-26-11-9-22/h2-7,12,21H,8-11,13-14H2,1H3. The lowest BCUT2D eigenvalue weighted by molar-refractivity contribution is 0.0341. The van der Waals surface area contributed by atoms with Gasteiger partial charge in [-0.2, -0.15) is 0 Å². The molecule has 0 spiro atoms. The van der Waals surface area contributed by atoms with Crippen LogP contribution in [0.3, 0.4) is 0 Å². The Balaban J connectivity index is 1.75. The highest BCUT2D eigenvalue weighted by molar-refractivity contribution is 7.89. The lowest BCUT2D eigenvalue weighted by Gasteiger charge is -2.27. The second-order valence-corrected chi connectivity index (χ2v) is 8.45. The van der Waals surface area contributed by atoms with E-state index in [0.717, 1.165) is 44.0 Å². The van der Waals surface area contributed by atoms with Crippen LogP contribution in [0.5, 0.6) is 5.75 Å². The van der Waals surface area contributed by atoms with Gasteiger partial charge in [-0.05, 0) is 29.3 Å². The molecule has 0 unspecified atom stereocenters. The fraction of sp³-hybridized carbons (Fsp3) is 0.368. The number of rotatable bonds is 7. The molecule has 27 heavy (non-hydrogen) atoms. The summed E-state index contributed by atoms with van der Waals surface area (Å²) in [4.78, 5) is 2.33. The van der Waals surface area contributed by atoms with E-state index >= 15 is 0 Å². The summed E-state index contributed by atoms with van der Waals surface area (Å²) in [5, 5.41) is 0.337. The molecule has 1 aliphatic rings. The minimum Gasteiger partial charge on any atom is -0.495 e. The minimum absolute atomic E-state index is 0.0307. The number of hydrogen-bond donors (Lipinski definition) is 1. The van der Waals surface area contributed by atoms with Gasteiger partial charge in [0, 0.05) is 31.2 Å². The van der Waals surface area contributed by atoms with E-state index < -0.39 is 10.0 Å². The van der Waals surface area contributed by atoms with Crippen molar-refractivity contribution in [3.8, 4) is 5.75 Å². The molecule has 1 aliphatic heterocycles. The Bertz CT molecular complexity index is 883. The predicted octanol–water partition coefficient (Wildman–Crippen LogP) is 2.66. The third kappa shape index (κ3) is 5.21. The first-order valence-electron chi connectivity index (χ1n) is 8.70. The van der Waals surface area contributed by atoms with Crippen LogP contribution >= 0.6 is 11.6 Å². The van der Waals surface area contributed by atoms with Crippen molar-refractivity contribution in [1.82, 2.24) is 9.62 Å². The highest BCUT2D eigenvalue weighted by atomic mass is 35.5. The zero-order chi connectivity index (χ0) is 19.3. The summed E-state index contributed by atoms with van der Waals surface area (Å²) >= 11 is 5.97. The number of hydrogen-bond acceptors (Lipinski definition) is 5. The van der Waals surface area contributed by atoms with E-state index in [-0.39, 0.29) is 17.2 Å². The Hall–Kier alpha value is -1.64. The molecule has 0 atom stereocenters. The van der Waals surface area contributed by atoms with E-state index in [0.29, 0.717) is 5.02 Å². The van der Waals surface area contributed by atoms with Crippen molar-refractivity contribution in [2.75, 3.05) is 33.4 Å².